The topological polar surface area (TPSA) is 54.5 Å². The summed E-state index contributed by atoms with van der Waals surface area (Å²) in [7, 11) is 0. The lowest BCUT2D eigenvalue weighted by molar-refractivity contribution is 1.11. The van der Waals surface area contributed by atoms with Crippen molar-refractivity contribution in [3.05, 3.63) is 71.7 Å². The number of pyridine rings is 2. The Morgan fingerprint density at radius 3 is 2.72 bits per heavy atom. The van der Waals surface area contributed by atoms with Gasteiger partial charge in [-0.15, -0.1) is 11.8 Å². The highest BCUT2D eigenvalue weighted by molar-refractivity contribution is 7.98. The van der Waals surface area contributed by atoms with E-state index in [0.717, 1.165) is 33.2 Å². The minimum absolute atomic E-state index is 0.830. The summed E-state index contributed by atoms with van der Waals surface area (Å²) in [6, 6.07) is 12.3. The number of hydrogen-bond acceptors (Lipinski definition) is 4. The van der Waals surface area contributed by atoms with Crippen molar-refractivity contribution in [2.75, 3.05) is 0 Å². The van der Waals surface area contributed by atoms with E-state index < -0.39 is 0 Å². The molecule has 0 aliphatic heterocycles. The molecular weight excluding hydrogens is 328 g/mol. The molecule has 0 unspecified atom stereocenters. The van der Waals surface area contributed by atoms with Crippen LogP contribution in [0.1, 0.15) is 16.7 Å². The Labute approximate surface area is 150 Å². The summed E-state index contributed by atoms with van der Waals surface area (Å²) in [6.45, 7) is 4.23. The van der Waals surface area contributed by atoms with Crippen LogP contribution in [0.2, 0.25) is 0 Å². The lowest BCUT2D eigenvalue weighted by Gasteiger charge is -2.05. The van der Waals surface area contributed by atoms with Gasteiger partial charge in [-0.05, 0) is 60.9 Å². The van der Waals surface area contributed by atoms with E-state index in [0.29, 0.717) is 0 Å². The number of benzene rings is 1. The molecule has 1 N–H and O–H groups in total. The first kappa shape index (κ1) is 15.8. The van der Waals surface area contributed by atoms with Crippen molar-refractivity contribution >= 4 is 22.8 Å². The van der Waals surface area contributed by atoms with Crippen molar-refractivity contribution in [1.29, 1.82) is 0 Å². The third-order valence-corrected chi connectivity index (χ3v) is 5.30. The second kappa shape index (κ2) is 6.69. The van der Waals surface area contributed by atoms with E-state index in [-0.39, 0.29) is 0 Å². The predicted octanol–water partition coefficient (Wildman–Crippen LogP) is 4.93. The number of fused-ring (bicyclic) bond motifs is 1. The number of H-pyrrole nitrogens is 1. The quantitative estimate of drug-likeness (QED) is 0.532. The van der Waals surface area contributed by atoms with Gasteiger partial charge >= 0.3 is 0 Å². The molecule has 5 heteroatoms. The summed E-state index contributed by atoms with van der Waals surface area (Å²) >= 11 is 1.70. The van der Waals surface area contributed by atoms with Crippen LogP contribution in [-0.2, 0) is 5.75 Å². The van der Waals surface area contributed by atoms with E-state index >= 15 is 0 Å². The van der Waals surface area contributed by atoms with Crippen LogP contribution in [0.3, 0.4) is 0 Å². The molecule has 0 bridgehead atoms. The van der Waals surface area contributed by atoms with Crippen LogP contribution in [0.15, 0.2) is 60.0 Å². The smallest absolute Gasteiger partial charge is 0.141 e. The number of rotatable bonds is 4. The molecule has 1 aromatic carbocycles. The molecule has 0 saturated heterocycles. The summed E-state index contributed by atoms with van der Waals surface area (Å²) in [5, 5.41) is 0.971. The molecular formula is C20H18N4S. The predicted molar refractivity (Wildman–Crippen MR) is 103 cm³/mol. The van der Waals surface area contributed by atoms with Gasteiger partial charge in [-0.2, -0.15) is 0 Å². The first-order chi connectivity index (χ1) is 12.2. The average Bonchev–Trinajstić information content (AvgIpc) is 3.04. The molecule has 0 saturated carbocycles. The molecule has 0 radical (unpaired) electrons. The summed E-state index contributed by atoms with van der Waals surface area (Å²) in [5.74, 6) is 1.69. The minimum atomic E-state index is 0.830. The zero-order chi connectivity index (χ0) is 17.2. The van der Waals surface area contributed by atoms with E-state index in [9.17, 15) is 0 Å². The Kier molecular flexibility index (Phi) is 4.24. The SMILES string of the molecule is Cc1cc2nc(-c3cccnc3SCc3cccnc3)[nH]c2cc1C. The molecule has 0 spiro atoms. The Hall–Kier alpha value is -2.66. The van der Waals surface area contributed by atoms with Gasteiger partial charge in [0.2, 0.25) is 0 Å². The fourth-order valence-corrected chi connectivity index (χ4v) is 3.65. The molecule has 4 rings (SSSR count). The highest BCUT2D eigenvalue weighted by Crippen LogP contribution is 2.31. The van der Waals surface area contributed by atoms with Gasteiger partial charge in [0.15, 0.2) is 0 Å². The molecule has 0 aliphatic rings. The van der Waals surface area contributed by atoms with Gasteiger partial charge in [-0.3, -0.25) is 4.98 Å². The van der Waals surface area contributed by atoms with Crippen molar-refractivity contribution in [3.63, 3.8) is 0 Å². The Balaban J connectivity index is 1.68. The molecule has 0 atom stereocenters. The maximum Gasteiger partial charge on any atom is 0.141 e. The number of nitrogens with zero attached hydrogens (tertiary/aromatic N) is 3. The van der Waals surface area contributed by atoms with Crippen LogP contribution in [0.25, 0.3) is 22.4 Å². The number of aryl methyl sites for hydroxylation is 2. The van der Waals surface area contributed by atoms with E-state index in [1.165, 1.54) is 16.7 Å². The van der Waals surface area contributed by atoms with Crippen LogP contribution >= 0.6 is 11.8 Å². The van der Waals surface area contributed by atoms with E-state index in [1.807, 2.05) is 24.5 Å². The number of thioether (sulfide) groups is 1. The molecule has 0 aliphatic carbocycles. The van der Waals surface area contributed by atoms with Crippen molar-refractivity contribution in [3.8, 4) is 11.4 Å². The summed E-state index contributed by atoms with van der Waals surface area (Å²) in [5.41, 5.74) is 6.78. The first-order valence-electron chi connectivity index (χ1n) is 8.15. The standard InChI is InChI=1S/C20H18N4S/c1-13-9-17-18(10-14(13)2)24-19(23-17)16-6-4-8-22-20(16)25-12-15-5-3-7-21-11-15/h3-11H,12H2,1-2H3,(H,23,24). The highest BCUT2D eigenvalue weighted by Gasteiger charge is 2.12. The van der Waals surface area contributed by atoms with Gasteiger partial charge in [0, 0.05) is 29.9 Å². The molecule has 3 heterocycles. The van der Waals surface area contributed by atoms with Crippen LogP contribution in [0.4, 0.5) is 0 Å². The van der Waals surface area contributed by atoms with E-state index in [1.54, 1.807) is 18.0 Å². The maximum atomic E-state index is 4.78. The second-order valence-electron chi connectivity index (χ2n) is 6.05. The number of aromatic amines is 1. The van der Waals surface area contributed by atoms with Crippen LogP contribution in [0.5, 0.6) is 0 Å². The highest BCUT2D eigenvalue weighted by atomic mass is 32.2. The number of nitrogens with one attached hydrogen (secondary N) is 1. The molecule has 124 valence electrons. The van der Waals surface area contributed by atoms with Crippen LogP contribution in [-0.4, -0.2) is 19.9 Å². The van der Waals surface area contributed by atoms with Gasteiger partial charge in [0.1, 0.15) is 10.9 Å². The maximum absolute atomic E-state index is 4.78. The van der Waals surface area contributed by atoms with Gasteiger partial charge in [0.25, 0.3) is 0 Å². The Morgan fingerprint density at radius 2 is 1.88 bits per heavy atom. The monoisotopic (exact) mass is 346 g/mol. The molecule has 0 fully saturated rings. The van der Waals surface area contributed by atoms with Crippen LogP contribution in [0, 0.1) is 13.8 Å². The van der Waals surface area contributed by atoms with Crippen molar-refractivity contribution < 1.29 is 0 Å². The number of aromatic nitrogens is 4. The van der Waals surface area contributed by atoms with Crippen molar-refractivity contribution in [1.82, 2.24) is 19.9 Å². The zero-order valence-corrected chi connectivity index (χ0v) is 15.0. The lowest BCUT2D eigenvalue weighted by Crippen LogP contribution is -1.89. The van der Waals surface area contributed by atoms with Gasteiger partial charge in [0.05, 0.1) is 11.0 Å². The summed E-state index contributed by atoms with van der Waals surface area (Å²) < 4.78 is 0. The molecule has 3 aromatic heterocycles. The van der Waals surface area contributed by atoms with Gasteiger partial charge < -0.3 is 4.98 Å². The third-order valence-electron chi connectivity index (χ3n) is 4.22. The first-order valence-corrected chi connectivity index (χ1v) is 9.13. The lowest BCUT2D eigenvalue weighted by atomic mass is 10.1. The second-order valence-corrected chi connectivity index (χ2v) is 7.01. The third kappa shape index (κ3) is 3.28. The Morgan fingerprint density at radius 1 is 1.04 bits per heavy atom. The van der Waals surface area contributed by atoms with Crippen molar-refractivity contribution in [2.24, 2.45) is 0 Å². The Bertz CT molecular complexity index is 985. The molecule has 25 heavy (non-hydrogen) atoms. The molecule has 4 nitrogen and oxygen atoms in total. The van der Waals surface area contributed by atoms with E-state index in [2.05, 4.69) is 53.1 Å². The normalized spacial score (nSPS) is 11.1. The summed E-state index contributed by atoms with van der Waals surface area (Å²) in [4.78, 5) is 16.9. The fourth-order valence-electron chi connectivity index (χ4n) is 2.72. The zero-order valence-electron chi connectivity index (χ0n) is 14.2. The van der Waals surface area contributed by atoms with Gasteiger partial charge in [-0.25, -0.2) is 9.97 Å². The fraction of sp³-hybridized carbons (Fsp3) is 0.150. The summed E-state index contributed by atoms with van der Waals surface area (Å²) in [6.07, 6.45) is 5.51. The number of hydrogen-bond donors (Lipinski definition) is 1. The average molecular weight is 346 g/mol. The van der Waals surface area contributed by atoms with Crippen LogP contribution < -0.4 is 0 Å². The van der Waals surface area contributed by atoms with Crippen molar-refractivity contribution in [2.45, 2.75) is 24.6 Å². The molecule has 0 amide bonds. The molecule has 4 aromatic rings. The minimum Gasteiger partial charge on any atom is -0.338 e. The van der Waals surface area contributed by atoms with E-state index in [4.69, 9.17) is 4.98 Å². The number of imidazole rings is 1. The largest absolute Gasteiger partial charge is 0.338 e. The van der Waals surface area contributed by atoms with Gasteiger partial charge in [-0.1, -0.05) is 6.07 Å².